The molecule has 8 rings (SSSR count). The van der Waals surface area contributed by atoms with Gasteiger partial charge in [-0.2, -0.15) is 0 Å². The van der Waals surface area contributed by atoms with Crippen LogP contribution < -0.4 is 0 Å². The van der Waals surface area contributed by atoms with Gasteiger partial charge in [-0.25, -0.2) is 0 Å². The van der Waals surface area contributed by atoms with Gasteiger partial charge in [0.25, 0.3) is 0 Å². The number of aliphatic hydroxyl groups excluding tert-OH is 1. The average Bonchev–Trinajstić information content (AvgIpc) is 1.49. The molecule has 0 spiro atoms. The normalized spacial score (nSPS) is 15.1. The highest BCUT2D eigenvalue weighted by atomic mass is 16.5. The molecular weight excluding hydrogens is 1200 g/mol. The van der Waals surface area contributed by atoms with Crippen molar-refractivity contribution in [1.29, 1.82) is 0 Å². The molecule has 2 aliphatic rings. The molecular formula is C93H134O5. The second-order valence-electron chi connectivity index (χ2n) is 29.5. The van der Waals surface area contributed by atoms with Crippen molar-refractivity contribution in [2.45, 2.75) is 236 Å². The van der Waals surface area contributed by atoms with Crippen molar-refractivity contribution in [3.63, 3.8) is 0 Å². The summed E-state index contributed by atoms with van der Waals surface area (Å²) < 4.78 is 5.32. The van der Waals surface area contributed by atoms with E-state index in [0.717, 1.165) is 77.9 Å². The largest absolute Gasteiger partial charge is 0.453 e. The number of hydrogen-bond donors (Lipinski definition) is 3. The van der Waals surface area contributed by atoms with Gasteiger partial charge in [-0.3, -0.25) is 4.79 Å². The fourth-order valence-corrected chi connectivity index (χ4v) is 13.4. The lowest BCUT2D eigenvalue weighted by Crippen LogP contribution is -2.36. The summed E-state index contributed by atoms with van der Waals surface area (Å²) in [4.78, 5) is 11.1. The number of allylic oxidation sites excluding steroid dienone is 2. The van der Waals surface area contributed by atoms with Crippen LogP contribution in [0.2, 0.25) is 0 Å². The molecule has 98 heavy (non-hydrogen) atoms. The zero-order chi connectivity index (χ0) is 72.6. The Kier molecular flexibility index (Phi) is 39.4. The van der Waals surface area contributed by atoms with E-state index in [1.54, 1.807) is 0 Å². The van der Waals surface area contributed by atoms with Gasteiger partial charge in [-0.1, -0.05) is 388 Å². The van der Waals surface area contributed by atoms with Crippen molar-refractivity contribution in [3.05, 3.63) is 288 Å². The monoisotopic (exact) mass is 1330 g/mol. The summed E-state index contributed by atoms with van der Waals surface area (Å²) in [6.45, 7) is 60.8. The molecule has 536 valence electrons. The topological polar surface area (TPSA) is 87.0 Å². The first-order valence-electron chi connectivity index (χ1n) is 36.6. The number of rotatable bonds is 25. The van der Waals surface area contributed by atoms with E-state index in [2.05, 4.69) is 194 Å². The Balaban J connectivity index is 0.000000400. The summed E-state index contributed by atoms with van der Waals surface area (Å²) in [7, 11) is 0. The third-order valence-electron chi connectivity index (χ3n) is 20.1. The first-order chi connectivity index (χ1) is 45.9. The second-order valence-corrected chi connectivity index (χ2v) is 29.5. The molecule has 0 radical (unpaired) electrons. The fraction of sp³-hybridized carbons (Fsp3) is 0.473. The molecule has 2 aliphatic carbocycles. The van der Waals surface area contributed by atoms with Crippen LogP contribution in [0.4, 0.5) is 0 Å². The van der Waals surface area contributed by atoms with Gasteiger partial charge in [-0.05, 0) is 130 Å². The minimum atomic E-state index is -0.692. The Morgan fingerprint density at radius 1 is 0.449 bits per heavy atom. The van der Waals surface area contributed by atoms with Crippen molar-refractivity contribution >= 4 is 5.97 Å². The van der Waals surface area contributed by atoms with Crippen molar-refractivity contribution in [2.24, 2.45) is 47.3 Å². The lowest BCUT2D eigenvalue weighted by atomic mass is 9.72. The third kappa shape index (κ3) is 27.3. The van der Waals surface area contributed by atoms with E-state index in [1.165, 1.54) is 66.0 Å². The Morgan fingerprint density at radius 2 is 0.786 bits per heavy atom. The molecule has 2 fully saturated rings. The predicted octanol–water partition coefficient (Wildman–Crippen LogP) is 25.7. The highest BCUT2D eigenvalue weighted by Crippen LogP contribution is 2.47. The van der Waals surface area contributed by atoms with Crippen molar-refractivity contribution in [2.75, 3.05) is 0 Å². The summed E-state index contributed by atoms with van der Waals surface area (Å²) in [5.74, 6) is 4.85. The Hall–Kier alpha value is -6.89. The van der Waals surface area contributed by atoms with E-state index in [0.29, 0.717) is 47.3 Å². The van der Waals surface area contributed by atoms with Crippen LogP contribution in [0.1, 0.15) is 259 Å². The number of esters is 1. The van der Waals surface area contributed by atoms with Gasteiger partial charge >= 0.3 is 5.97 Å². The third-order valence-corrected chi connectivity index (χ3v) is 20.1. The molecule has 5 nitrogen and oxygen atoms in total. The minimum absolute atomic E-state index is 0. The molecule has 0 aromatic heterocycles. The molecule has 0 amide bonds. The van der Waals surface area contributed by atoms with Crippen LogP contribution in [0.15, 0.2) is 255 Å². The van der Waals surface area contributed by atoms with E-state index in [-0.39, 0.29) is 37.3 Å². The Bertz CT molecular complexity index is 3150. The van der Waals surface area contributed by atoms with Gasteiger partial charge < -0.3 is 20.1 Å². The zero-order valence-electron chi connectivity index (χ0n) is 63.4. The zero-order valence-corrected chi connectivity index (χ0v) is 63.4. The quantitative estimate of drug-likeness (QED) is 0.0393. The molecule has 6 aromatic carbocycles. The Morgan fingerprint density at radius 3 is 1.13 bits per heavy atom. The van der Waals surface area contributed by atoms with Crippen LogP contribution in [0.3, 0.4) is 0 Å². The van der Waals surface area contributed by atoms with E-state index in [9.17, 15) is 20.1 Å². The number of carbonyl (C=O) groups excluding carboxylic acids is 1. The van der Waals surface area contributed by atoms with E-state index in [1.807, 2.05) is 139 Å². The molecule has 6 unspecified atom stereocenters. The van der Waals surface area contributed by atoms with Gasteiger partial charge in [0, 0.05) is 30.6 Å². The van der Waals surface area contributed by atoms with Crippen molar-refractivity contribution < 1.29 is 24.9 Å². The fourth-order valence-electron chi connectivity index (χ4n) is 13.4. The maximum Gasteiger partial charge on any atom is 0.303 e. The van der Waals surface area contributed by atoms with Gasteiger partial charge in [0.15, 0.2) is 0 Å². The van der Waals surface area contributed by atoms with Gasteiger partial charge in [0.05, 0.1) is 11.2 Å². The van der Waals surface area contributed by atoms with Crippen LogP contribution in [0, 0.1) is 47.3 Å². The highest BCUT2D eigenvalue weighted by Gasteiger charge is 2.42. The first kappa shape index (κ1) is 87.2. The summed E-state index contributed by atoms with van der Waals surface area (Å²) in [6.07, 6.45) is 10.3. The molecule has 2 saturated carbocycles. The van der Waals surface area contributed by atoms with Crippen LogP contribution >= 0.6 is 0 Å². The van der Waals surface area contributed by atoms with E-state index in [4.69, 9.17) is 4.74 Å². The summed E-state index contributed by atoms with van der Waals surface area (Å²) in [5.41, 5.74) is 12.7. The maximum absolute atomic E-state index is 11.1. The summed E-state index contributed by atoms with van der Waals surface area (Å²) in [6, 6.07) is 61.6. The molecule has 6 atom stereocenters. The van der Waals surface area contributed by atoms with Gasteiger partial charge in [0.2, 0.25) is 0 Å². The molecule has 5 heteroatoms. The van der Waals surface area contributed by atoms with Crippen molar-refractivity contribution in [3.8, 4) is 0 Å². The molecule has 0 bridgehead atoms. The minimum Gasteiger partial charge on any atom is -0.453 e. The molecule has 0 aliphatic heterocycles. The lowest BCUT2D eigenvalue weighted by Gasteiger charge is -2.38. The first-order valence-corrected chi connectivity index (χ1v) is 36.6. The van der Waals surface area contributed by atoms with E-state index >= 15 is 0 Å². The SMILES string of the molecule is C.C=C(C(C)C)C(O)c1ccccc1.C=C(C(C)C)C(OC(C)=O)c1ccccc1.C=C(C(C)C)C(c1ccccc1)C(C)C.C=C(C(C)C)C(c1ccccc1)C(O)(CC)CC.C=C(C(C)C)C(c1ccccc1)C1(O)CCCC1.C=C(C(C)C)C(c1ccccc1)C1CCCC1. The summed E-state index contributed by atoms with van der Waals surface area (Å²) >= 11 is 0. The number of carbonyl (C=O) groups is 1. The van der Waals surface area contributed by atoms with Gasteiger partial charge in [0.1, 0.15) is 12.2 Å². The Labute approximate surface area is 599 Å². The average molecular weight is 1330 g/mol. The number of aliphatic hydroxyl groups is 3. The molecule has 0 heterocycles. The molecule has 0 saturated heterocycles. The molecule has 6 aromatic rings. The van der Waals surface area contributed by atoms with Crippen LogP contribution in [0.5, 0.6) is 0 Å². The highest BCUT2D eigenvalue weighted by molar-refractivity contribution is 5.66. The van der Waals surface area contributed by atoms with Crippen molar-refractivity contribution in [1.82, 2.24) is 0 Å². The lowest BCUT2D eigenvalue weighted by molar-refractivity contribution is -0.145. The summed E-state index contributed by atoms with van der Waals surface area (Å²) in [5, 5.41) is 31.7. The maximum atomic E-state index is 11.1. The van der Waals surface area contributed by atoms with Crippen LogP contribution in [-0.4, -0.2) is 32.5 Å². The van der Waals surface area contributed by atoms with E-state index < -0.39 is 17.3 Å². The van der Waals surface area contributed by atoms with Crippen LogP contribution in [-0.2, 0) is 9.53 Å². The smallest absolute Gasteiger partial charge is 0.303 e. The number of hydrogen-bond acceptors (Lipinski definition) is 5. The standard InChI is InChI=1S/C17H24O.C17H26O.C17H24.C15H22.C14H18O2.C12H16O.CH4/c1-13(2)14(3)16(15-9-5-4-6-10-15)17(18)11-7-8-12-17;1-6-17(18,7-2)16(14(5)13(3)4)15-11-9-8-10-12-15;1-13(2)14(3)17(16-11-7-8-12-16)15-9-5-4-6-10-15;1-11(2)13(5)15(12(3)4)14-9-7-6-8-10-14;1-10(2)11(3)14(16-12(4)15)13-8-6-5-7-9-13;1-9(2)10(3)12(13)11-7-5-4-6-8-11;/h4-6,9-10,13,16,18H,3,7-8,11-12H2,1-2H3;8-13,16,18H,5-7H2,1-4H3;4-6,9-10,13,16-17H,3,7-8,11-12H2,1-2H3;6-12,15H,5H2,1-4H3;5-10,14H,3H2,1-2,4H3;4-9,12-13H,3H2,1-2H3;1H4. The predicted molar refractivity (Wildman–Crippen MR) is 425 cm³/mol. The van der Waals surface area contributed by atoms with Crippen LogP contribution in [0.25, 0.3) is 0 Å². The number of ether oxygens (including phenoxy) is 1. The number of benzene rings is 6. The second kappa shape index (κ2) is 44.3. The van der Waals surface area contributed by atoms with Gasteiger partial charge in [-0.15, -0.1) is 0 Å². The molecule has 3 N–H and O–H groups in total.